The standard InChI is InChI=1S/C5H9NO3/c7-4-5-3-6-9-2-1-8-5/h4-6H,1-3H2. The fourth-order valence-corrected chi connectivity index (χ4v) is 0.601. The maximum atomic E-state index is 10.1. The highest BCUT2D eigenvalue weighted by Crippen LogP contribution is 1.90. The summed E-state index contributed by atoms with van der Waals surface area (Å²) >= 11 is 0. The van der Waals surface area contributed by atoms with Gasteiger partial charge in [-0.2, -0.15) is 5.48 Å². The van der Waals surface area contributed by atoms with E-state index >= 15 is 0 Å². The van der Waals surface area contributed by atoms with E-state index in [9.17, 15) is 4.79 Å². The molecule has 1 fully saturated rings. The SMILES string of the molecule is O=CC1CNOCCO1. The number of hydrogen-bond donors (Lipinski definition) is 1. The summed E-state index contributed by atoms with van der Waals surface area (Å²) < 4.78 is 5.00. The lowest BCUT2D eigenvalue weighted by Crippen LogP contribution is -2.26. The van der Waals surface area contributed by atoms with E-state index in [1.165, 1.54) is 0 Å². The lowest BCUT2D eigenvalue weighted by atomic mass is 10.4. The molecular weight excluding hydrogens is 122 g/mol. The highest BCUT2D eigenvalue weighted by Gasteiger charge is 2.09. The summed E-state index contributed by atoms with van der Waals surface area (Å²) in [7, 11) is 0. The number of ether oxygens (including phenoxy) is 1. The van der Waals surface area contributed by atoms with Crippen LogP contribution in [0.1, 0.15) is 0 Å². The van der Waals surface area contributed by atoms with Gasteiger partial charge >= 0.3 is 0 Å². The summed E-state index contributed by atoms with van der Waals surface area (Å²) in [6, 6.07) is 0. The van der Waals surface area contributed by atoms with E-state index < -0.39 is 0 Å². The lowest BCUT2D eigenvalue weighted by Gasteiger charge is -2.03. The molecule has 1 rings (SSSR count). The van der Waals surface area contributed by atoms with Crippen molar-refractivity contribution >= 4 is 6.29 Å². The third-order valence-corrected chi connectivity index (χ3v) is 1.06. The summed E-state index contributed by atoms with van der Waals surface area (Å²) in [5, 5.41) is 0. The first-order valence-electron chi connectivity index (χ1n) is 2.85. The second-order valence-corrected chi connectivity index (χ2v) is 1.74. The normalized spacial score (nSPS) is 29.1. The number of hydrogen-bond acceptors (Lipinski definition) is 4. The van der Waals surface area contributed by atoms with Crippen LogP contribution in [0.4, 0.5) is 0 Å². The molecule has 0 aliphatic carbocycles. The summed E-state index contributed by atoms with van der Waals surface area (Å²) in [6.45, 7) is 1.43. The summed E-state index contributed by atoms with van der Waals surface area (Å²) in [5.41, 5.74) is 2.59. The van der Waals surface area contributed by atoms with Crippen LogP contribution in [-0.4, -0.2) is 32.1 Å². The fraction of sp³-hybridized carbons (Fsp3) is 0.800. The Balaban J connectivity index is 2.26. The molecule has 0 saturated carbocycles. The second kappa shape index (κ2) is 3.55. The van der Waals surface area contributed by atoms with E-state index in [0.717, 1.165) is 6.29 Å². The van der Waals surface area contributed by atoms with Crippen LogP contribution >= 0.6 is 0 Å². The Hall–Kier alpha value is -0.450. The number of hydroxylamine groups is 1. The van der Waals surface area contributed by atoms with E-state index in [-0.39, 0.29) is 6.10 Å². The van der Waals surface area contributed by atoms with E-state index in [0.29, 0.717) is 19.8 Å². The molecule has 0 spiro atoms. The first-order valence-corrected chi connectivity index (χ1v) is 2.85. The molecule has 0 aromatic carbocycles. The van der Waals surface area contributed by atoms with E-state index in [1.54, 1.807) is 0 Å². The predicted molar refractivity (Wildman–Crippen MR) is 29.8 cm³/mol. The van der Waals surface area contributed by atoms with Crippen LogP contribution in [0.15, 0.2) is 0 Å². The molecule has 1 saturated heterocycles. The van der Waals surface area contributed by atoms with E-state index in [2.05, 4.69) is 5.48 Å². The maximum Gasteiger partial charge on any atom is 0.150 e. The molecule has 1 unspecified atom stereocenters. The Morgan fingerprint density at radius 1 is 1.56 bits per heavy atom. The van der Waals surface area contributed by atoms with Crippen molar-refractivity contribution in [1.29, 1.82) is 0 Å². The average Bonchev–Trinajstić information content (AvgIpc) is 2.13. The minimum Gasteiger partial charge on any atom is -0.367 e. The van der Waals surface area contributed by atoms with Gasteiger partial charge in [-0.3, -0.25) is 4.84 Å². The van der Waals surface area contributed by atoms with E-state index in [4.69, 9.17) is 9.57 Å². The quantitative estimate of drug-likeness (QED) is 0.469. The Bertz CT molecular complexity index is 88.2. The summed E-state index contributed by atoms with van der Waals surface area (Å²) in [5.74, 6) is 0. The first-order chi connectivity index (χ1) is 4.43. The molecule has 52 valence electrons. The van der Waals surface area contributed by atoms with Gasteiger partial charge in [-0.1, -0.05) is 0 Å². The van der Waals surface area contributed by atoms with Crippen LogP contribution in [0.3, 0.4) is 0 Å². The van der Waals surface area contributed by atoms with Crippen LogP contribution in [0, 0.1) is 0 Å². The molecule has 1 atom stereocenters. The van der Waals surface area contributed by atoms with E-state index in [1.807, 2.05) is 0 Å². The molecule has 4 nitrogen and oxygen atoms in total. The largest absolute Gasteiger partial charge is 0.367 e. The minimum atomic E-state index is -0.340. The first kappa shape index (κ1) is 6.67. The third kappa shape index (κ3) is 2.09. The van der Waals surface area contributed by atoms with Crippen molar-refractivity contribution in [1.82, 2.24) is 5.48 Å². The topological polar surface area (TPSA) is 47.6 Å². The molecule has 1 aliphatic rings. The van der Waals surface area contributed by atoms with Crippen LogP contribution in [0.2, 0.25) is 0 Å². The van der Waals surface area contributed by atoms with Crippen molar-refractivity contribution in [2.75, 3.05) is 19.8 Å². The van der Waals surface area contributed by atoms with Gasteiger partial charge in [0, 0.05) is 0 Å². The molecule has 0 radical (unpaired) electrons. The highest BCUT2D eigenvalue weighted by atomic mass is 16.7. The van der Waals surface area contributed by atoms with Crippen molar-refractivity contribution in [3.05, 3.63) is 0 Å². The van der Waals surface area contributed by atoms with Crippen molar-refractivity contribution in [3.8, 4) is 0 Å². The van der Waals surface area contributed by atoms with Gasteiger partial charge in [0.15, 0.2) is 0 Å². The van der Waals surface area contributed by atoms with Crippen LogP contribution in [0.5, 0.6) is 0 Å². The molecule has 0 bridgehead atoms. The number of aldehydes is 1. The zero-order chi connectivity index (χ0) is 6.53. The zero-order valence-electron chi connectivity index (χ0n) is 5.00. The van der Waals surface area contributed by atoms with Gasteiger partial charge in [0.05, 0.1) is 19.8 Å². The van der Waals surface area contributed by atoms with Crippen molar-refractivity contribution in [2.24, 2.45) is 0 Å². The zero-order valence-corrected chi connectivity index (χ0v) is 5.00. The van der Waals surface area contributed by atoms with Crippen molar-refractivity contribution in [3.63, 3.8) is 0 Å². The van der Waals surface area contributed by atoms with Gasteiger partial charge in [-0.15, -0.1) is 0 Å². The smallest absolute Gasteiger partial charge is 0.150 e. The number of carbonyl (C=O) groups excluding carboxylic acids is 1. The monoisotopic (exact) mass is 131 g/mol. The van der Waals surface area contributed by atoms with Crippen LogP contribution < -0.4 is 5.48 Å². The molecule has 1 aliphatic heterocycles. The molecule has 1 heterocycles. The number of rotatable bonds is 1. The Morgan fingerprint density at radius 2 is 2.44 bits per heavy atom. The van der Waals surface area contributed by atoms with Gasteiger partial charge in [-0.25, -0.2) is 0 Å². The van der Waals surface area contributed by atoms with Crippen molar-refractivity contribution in [2.45, 2.75) is 6.10 Å². The number of nitrogens with one attached hydrogen (secondary N) is 1. The molecule has 0 aromatic rings. The minimum absolute atomic E-state index is 0.340. The van der Waals surface area contributed by atoms with Gasteiger partial charge in [0.25, 0.3) is 0 Å². The Kier molecular flexibility index (Phi) is 2.63. The second-order valence-electron chi connectivity index (χ2n) is 1.74. The average molecular weight is 131 g/mol. The summed E-state index contributed by atoms with van der Waals surface area (Å²) in [4.78, 5) is 14.9. The molecule has 0 amide bonds. The van der Waals surface area contributed by atoms with Crippen molar-refractivity contribution < 1.29 is 14.4 Å². The summed E-state index contributed by atoms with van der Waals surface area (Å²) in [6.07, 6.45) is 0.425. The maximum absolute atomic E-state index is 10.1. The Morgan fingerprint density at radius 3 is 3.22 bits per heavy atom. The third-order valence-electron chi connectivity index (χ3n) is 1.06. The molecule has 4 heteroatoms. The molecular formula is C5H9NO3. The van der Waals surface area contributed by atoms with Crippen LogP contribution in [-0.2, 0) is 14.4 Å². The van der Waals surface area contributed by atoms with Gasteiger partial charge in [0.1, 0.15) is 12.4 Å². The molecule has 1 N–H and O–H groups in total. The molecule has 9 heavy (non-hydrogen) atoms. The lowest BCUT2D eigenvalue weighted by molar-refractivity contribution is -0.117. The van der Waals surface area contributed by atoms with Gasteiger partial charge < -0.3 is 9.53 Å². The van der Waals surface area contributed by atoms with Gasteiger partial charge in [0.2, 0.25) is 0 Å². The highest BCUT2D eigenvalue weighted by molar-refractivity contribution is 5.56. The predicted octanol–water partition coefficient (Wildman–Crippen LogP) is -0.895. The fourth-order valence-electron chi connectivity index (χ4n) is 0.601. The van der Waals surface area contributed by atoms with Gasteiger partial charge in [-0.05, 0) is 0 Å². The molecule has 0 aromatic heterocycles. The Labute approximate surface area is 53.1 Å². The number of carbonyl (C=O) groups is 1. The van der Waals surface area contributed by atoms with Crippen LogP contribution in [0.25, 0.3) is 0 Å².